The van der Waals surface area contributed by atoms with Crippen LogP contribution in [-0.2, 0) is 9.53 Å². The van der Waals surface area contributed by atoms with Gasteiger partial charge in [-0.15, -0.1) is 11.3 Å². The summed E-state index contributed by atoms with van der Waals surface area (Å²) >= 11 is 1.74. The molecule has 1 aliphatic rings. The van der Waals surface area contributed by atoms with Crippen LogP contribution >= 0.6 is 11.3 Å². The summed E-state index contributed by atoms with van der Waals surface area (Å²) in [4.78, 5) is 15.3. The van der Waals surface area contributed by atoms with Crippen molar-refractivity contribution in [3.63, 3.8) is 0 Å². The van der Waals surface area contributed by atoms with Crippen LogP contribution in [0.15, 0.2) is 17.5 Å². The summed E-state index contributed by atoms with van der Waals surface area (Å²) in [5.74, 6) is 0.246. The van der Waals surface area contributed by atoms with Crippen molar-refractivity contribution >= 4 is 17.3 Å². The van der Waals surface area contributed by atoms with Gasteiger partial charge in [-0.05, 0) is 31.5 Å². The van der Waals surface area contributed by atoms with Gasteiger partial charge in [-0.25, -0.2) is 0 Å². The van der Waals surface area contributed by atoms with Gasteiger partial charge in [0.15, 0.2) is 0 Å². The number of esters is 1. The monoisotopic (exact) mass is 239 g/mol. The molecule has 1 aromatic rings. The molecule has 0 amide bonds. The highest BCUT2D eigenvalue weighted by molar-refractivity contribution is 7.10. The number of methoxy groups -OCH3 is 1. The average Bonchev–Trinajstić information content (AvgIpc) is 2.81. The lowest BCUT2D eigenvalue weighted by Crippen LogP contribution is -2.41. The molecule has 4 heteroatoms. The molecule has 88 valence electrons. The van der Waals surface area contributed by atoms with Crippen molar-refractivity contribution in [2.45, 2.75) is 12.3 Å². The molecule has 0 aliphatic carbocycles. The molecule has 1 saturated heterocycles. The molecular formula is C12H17NO2S. The van der Waals surface area contributed by atoms with Crippen LogP contribution in [0, 0.1) is 5.92 Å². The predicted molar refractivity (Wildman–Crippen MR) is 64.7 cm³/mol. The zero-order valence-corrected chi connectivity index (χ0v) is 10.5. The van der Waals surface area contributed by atoms with E-state index in [-0.39, 0.29) is 11.9 Å². The summed E-state index contributed by atoms with van der Waals surface area (Å²) in [5.41, 5.74) is 0. The third-order valence-electron chi connectivity index (χ3n) is 3.23. The number of rotatable bonds is 2. The first-order valence-corrected chi connectivity index (χ1v) is 6.40. The Balaban J connectivity index is 2.18. The van der Waals surface area contributed by atoms with Crippen LogP contribution in [0.1, 0.15) is 17.2 Å². The summed E-state index contributed by atoms with van der Waals surface area (Å²) in [6, 6.07) is 4.17. The van der Waals surface area contributed by atoms with E-state index in [1.54, 1.807) is 11.3 Å². The fourth-order valence-electron chi connectivity index (χ4n) is 2.35. The minimum atomic E-state index is -0.0787. The molecule has 2 rings (SSSR count). The fourth-order valence-corrected chi connectivity index (χ4v) is 3.28. The SMILES string of the molecule is COC(=O)C1CN(C)CCC1c1cccs1. The van der Waals surface area contributed by atoms with Gasteiger partial charge in [-0.3, -0.25) is 4.79 Å². The Bertz CT molecular complexity index is 350. The van der Waals surface area contributed by atoms with Crippen molar-refractivity contribution in [1.29, 1.82) is 0 Å². The Kier molecular flexibility index (Phi) is 3.61. The Morgan fingerprint density at radius 1 is 1.62 bits per heavy atom. The van der Waals surface area contributed by atoms with Gasteiger partial charge in [0, 0.05) is 17.3 Å². The number of carbonyl (C=O) groups excluding carboxylic acids is 1. The molecular weight excluding hydrogens is 222 g/mol. The average molecular weight is 239 g/mol. The number of nitrogens with zero attached hydrogens (tertiary/aromatic N) is 1. The van der Waals surface area contributed by atoms with Gasteiger partial charge in [0.2, 0.25) is 0 Å². The number of piperidine rings is 1. The van der Waals surface area contributed by atoms with Crippen LogP contribution in [0.5, 0.6) is 0 Å². The van der Waals surface area contributed by atoms with E-state index in [1.165, 1.54) is 12.0 Å². The predicted octanol–water partition coefficient (Wildman–Crippen LogP) is 1.96. The molecule has 1 aliphatic heterocycles. The van der Waals surface area contributed by atoms with Crippen LogP contribution in [-0.4, -0.2) is 38.1 Å². The molecule has 2 unspecified atom stereocenters. The Morgan fingerprint density at radius 2 is 2.44 bits per heavy atom. The molecule has 3 nitrogen and oxygen atoms in total. The molecule has 0 aromatic carbocycles. The van der Waals surface area contributed by atoms with Crippen LogP contribution < -0.4 is 0 Å². The Hall–Kier alpha value is -0.870. The molecule has 2 atom stereocenters. The molecule has 1 aromatic heterocycles. The lowest BCUT2D eigenvalue weighted by Gasteiger charge is -2.34. The van der Waals surface area contributed by atoms with E-state index in [0.717, 1.165) is 19.5 Å². The van der Waals surface area contributed by atoms with Gasteiger partial charge in [-0.1, -0.05) is 6.07 Å². The summed E-state index contributed by atoms with van der Waals surface area (Å²) in [6.45, 7) is 1.85. The zero-order chi connectivity index (χ0) is 11.5. The lowest BCUT2D eigenvalue weighted by molar-refractivity contribution is -0.148. The van der Waals surface area contributed by atoms with Crippen molar-refractivity contribution in [3.05, 3.63) is 22.4 Å². The number of likely N-dealkylation sites (tertiary alicyclic amines) is 1. The normalized spacial score (nSPS) is 26.6. The molecule has 0 N–H and O–H groups in total. The highest BCUT2D eigenvalue weighted by Crippen LogP contribution is 2.35. The fraction of sp³-hybridized carbons (Fsp3) is 0.583. The number of thiophene rings is 1. The molecule has 0 radical (unpaired) electrons. The smallest absolute Gasteiger partial charge is 0.310 e. The minimum absolute atomic E-state index is 0.0117. The maximum atomic E-state index is 11.8. The third-order valence-corrected chi connectivity index (χ3v) is 4.23. The summed E-state index contributed by atoms with van der Waals surface area (Å²) in [5, 5.41) is 2.07. The van der Waals surface area contributed by atoms with Gasteiger partial charge in [0.25, 0.3) is 0 Å². The van der Waals surface area contributed by atoms with Crippen molar-refractivity contribution in [2.75, 3.05) is 27.2 Å². The first kappa shape index (κ1) is 11.6. The summed E-state index contributed by atoms with van der Waals surface area (Å²) in [7, 11) is 3.53. The van der Waals surface area contributed by atoms with E-state index in [9.17, 15) is 4.79 Å². The van der Waals surface area contributed by atoms with Crippen molar-refractivity contribution in [2.24, 2.45) is 5.92 Å². The molecule has 0 spiro atoms. The minimum Gasteiger partial charge on any atom is -0.469 e. The van der Waals surface area contributed by atoms with E-state index >= 15 is 0 Å². The van der Waals surface area contributed by atoms with Crippen LogP contribution in [0.4, 0.5) is 0 Å². The maximum Gasteiger partial charge on any atom is 0.310 e. The van der Waals surface area contributed by atoms with Crippen molar-refractivity contribution < 1.29 is 9.53 Å². The van der Waals surface area contributed by atoms with Crippen molar-refractivity contribution in [3.8, 4) is 0 Å². The first-order chi connectivity index (χ1) is 7.72. The number of ether oxygens (including phenoxy) is 1. The molecule has 0 saturated carbocycles. The molecule has 1 fully saturated rings. The van der Waals surface area contributed by atoms with Gasteiger partial charge in [-0.2, -0.15) is 0 Å². The molecule has 16 heavy (non-hydrogen) atoms. The van der Waals surface area contributed by atoms with E-state index < -0.39 is 0 Å². The second-order valence-electron chi connectivity index (χ2n) is 4.30. The van der Waals surface area contributed by atoms with Gasteiger partial charge in [0.05, 0.1) is 13.0 Å². The lowest BCUT2D eigenvalue weighted by atomic mass is 9.84. The van der Waals surface area contributed by atoms with E-state index in [2.05, 4.69) is 23.4 Å². The highest BCUT2D eigenvalue weighted by Gasteiger charge is 2.35. The Morgan fingerprint density at radius 3 is 3.06 bits per heavy atom. The zero-order valence-electron chi connectivity index (χ0n) is 9.68. The first-order valence-electron chi connectivity index (χ1n) is 5.52. The number of hydrogen-bond acceptors (Lipinski definition) is 4. The summed E-state index contributed by atoms with van der Waals surface area (Å²) < 4.78 is 4.91. The number of hydrogen-bond donors (Lipinski definition) is 0. The molecule has 0 bridgehead atoms. The quantitative estimate of drug-likeness (QED) is 0.739. The Labute approximate surface area is 100 Å². The molecule has 2 heterocycles. The van der Waals surface area contributed by atoms with E-state index in [4.69, 9.17) is 4.74 Å². The topological polar surface area (TPSA) is 29.5 Å². The van der Waals surface area contributed by atoms with Gasteiger partial charge in [0.1, 0.15) is 0 Å². The van der Waals surface area contributed by atoms with Gasteiger partial charge < -0.3 is 9.64 Å². The highest BCUT2D eigenvalue weighted by atomic mass is 32.1. The maximum absolute atomic E-state index is 11.8. The van der Waals surface area contributed by atoms with E-state index in [1.807, 2.05) is 6.07 Å². The van der Waals surface area contributed by atoms with E-state index in [0.29, 0.717) is 5.92 Å². The summed E-state index contributed by atoms with van der Waals surface area (Å²) in [6.07, 6.45) is 1.04. The van der Waals surface area contributed by atoms with Crippen LogP contribution in [0.3, 0.4) is 0 Å². The van der Waals surface area contributed by atoms with Crippen LogP contribution in [0.25, 0.3) is 0 Å². The van der Waals surface area contributed by atoms with Crippen molar-refractivity contribution in [1.82, 2.24) is 4.90 Å². The number of carbonyl (C=O) groups is 1. The second-order valence-corrected chi connectivity index (χ2v) is 5.28. The van der Waals surface area contributed by atoms with Crippen LogP contribution in [0.2, 0.25) is 0 Å². The van der Waals surface area contributed by atoms with Gasteiger partial charge >= 0.3 is 5.97 Å². The standard InChI is InChI=1S/C12H17NO2S/c1-13-6-5-9(11-4-3-7-16-11)10(8-13)12(14)15-2/h3-4,7,9-10H,5-6,8H2,1-2H3. The second kappa shape index (κ2) is 4.97. The largest absolute Gasteiger partial charge is 0.469 e. The third kappa shape index (κ3) is 2.28.